The minimum absolute atomic E-state index is 0.111. The Morgan fingerprint density at radius 1 is 0.500 bits per heavy atom. The molecule has 0 saturated heterocycles. The number of carbonyl (C=O) groups is 1. The standard InChI is InChI=1S/C51H83O12P/c1-3-5-7-9-11-13-15-17-19-21-23-24-26-28-30-32-34-36-38-40-45(52)62-44(43-61-64(58,59)63-51-49(56)47(54)46(53)48(55)50(51)57)42-60-41-39-37-35-33-31-29-27-25-22-20-18-16-14-12-10-8-6-4-2/h5-8,11-14,17-20,23-25,27-28,30,44,46-51,53-57H,3-4,9-10,15-16,21-22,26,29,31-43H2,1-2H3,(H,58,59)/b7-5-,8-6-,13-11-,14-12-,19-17-,20-18-,24-23-,27-25-,30-28-. The summed E-state index contributed by atoms with van der Waals surface area (Å²) in [5.74, 6) is -0.521. The topological polar surface area (TPSA) is 192 Å². The lowest BCUT2D eigenvalue weighted by Crippen LogP contribution is -2.64. The highest BCUT2D eigenvalue weighted by Crippen LogP contribution is 2.47. The summed E-state index contributed by atoms with van der Waals surface area (Å²) in [5.41, 5.74) is 0. The molecule has 0 aromatic heterocycles. The molecule has 12 nitrogen and oxygen atoms in total. The predicted octanol–water partition coefficient (Wildman–Crippen LogP) is 10.1. The summed E-state index contributed by atoms with van der Waals surface area (Å²) in [5, 5.41) is 50.2. The van der Waals surface area contributed by atoms with Gasteiger partial charge in [0.05, 0.1) is 13.2 Å². The van der Waals surface area contributed by atoms with Crippen LogP contribution < -0.4 is 0 Å². The van der Waals surface area contributed by atoms with Gasteiger partial charge in [-0.3, -0.25) is 13.8 Å². The average molecular weight is 919 g/mol. The second-order valence-electron chi connectivity index (χ2n) is 15.8. The Kier molecular flexibility index (Phi) is 37.2. The Hall–Kier alpha value is -3.00. The van der Waals surface area contributed by atoms with Crippen LogP contribution in [-0.2, 0) is 27.9 Å². The highest BCUT2D eigenvalue weighted by molar-refractivity contribution is 7.47. The molecule has 13 heteroatoms. The zero-order chi connectivity index (χ0) is 46.9. The molecular formula is C51H83O12P. The van der Waals surface area contributed by atoms with Crippen LogP contribution in [0.25, 0.3) is 0 Å². The predicted molar refractivity (Wildman–Crippen MR) is 257 cm³/mol. The maximum atomic E-state index is 12.8. The van der Waals surface area contributed by atoms with Crippen LogP contribution in [0.15, 0.2) is 109 Å². The minimum atomic E-state index is -5.04. The molecule has 6 N–H and O–H groups in total. The molecule has 1 saturated carbocycles. The van der Waals surface area contributed by atoms with Gasteiger partial charge in [0.25, 0.3) is 0 Å². The summed E-state index contributed by atoms with van der Waals surface area (Å²) in [6.45, 7) is 3.93. The number of ether oxygens (including phenoxy) is 2. The normalized spacial score (nSPS) is 22.7. The SMILES string of the molecule is CC/C=C\C/C=C\C/C=C\C/C=C\C/C=C\CCCCCC(=O)OC(COCCCCCCC/C=C\C/C=C\C/C=C\C/C=C\CC)COP(=O)(O)OC1C(O)C(O)C(O)C(O)C1O. The van der Waals surface area contributed by atoms with E-state index in [1.807, 2.05) is 0 Å². The van der Waals surface area contributed by atoms with E-state index in [0.29, 0.717) is 13.0 Å². The third kappa shape index (κ3) is 31.8. The number of allylic oxidation sites excluding steroid dienone is 18. The number of hydrogen-bond donors (Lipinski definition) is 6. The van der Waals surface area contributed by atoms with Crippen molar-refractivity contribution in [2.75, 3.05) is 19.8 Å². The van der Waals surface area contributed by atoms with Gasteiger partial charge in [-0.15, -0.1) is 0 Å². The molecule has 1 rings (SSSR count). The van der Waals surface area contributed by atoms with Gasteiger partial charge in [-0.25, -0.2) is 4.57 Å². The van der Waals surface area contributed by atoms with Crippen LogP contribution in [0.4, 0.5) is 0 Å². The largest absolute Gasteiger partial charge is 0.472 e. The van der Waals surface area contributed by atoms with Crippen molar-refractivity contribution in [3.63, 3.8) is 0 Å². The van der Waals surface area contributed by atoms with Crippen molar-refractivity contribution in [1.29, 1.82) is 0 Å². The van der Waals surface area contributed by atoms with Crippen molar-refractivity contribution in [2.24, 2.45) is 0 Å². The molecule has 6 atom stereocenters. The van der Waals surface area contributed by atoms with Gasteiger partial charge in [0.2, 0.25) is 0 Å². The van der Waals surface area contributed by atoms with Gasteiger partial charge in [-0.2, -0.15) is 0 Å². The second kappa shape index (κ2) is 40.3. The fraction of sp³-hybridized carbons (Fsp3) is 0.627. The van der Waals surface area contributed by atoms with E-state index in [4.69, 9.17) is 18.5 Å². The molecule has 64 heavy (non-hydrogen) atoms. The Morgan fingerprint density at radius 2 is 0.875 bits per heavy atom. The number of rotatable bonds is 38. The fourth-order valence-corrected chi connectivity index (χ4v) is 7.40. The first-order valence-electron chi connectivity index (χ1n) is 23.7. The first-order chi connectivity index (χ1) is 31.0. The Bertz CT molecular complexity index is 1470. The molecule has 0 radical (unpaired) electrons. The summed E-state index contributed by atoms with van der Waals surface area (Å²) < 4.78 is 34.2. The fourth-order valence-electron chi connectivity index (χ4n) is 6.43. The van der Waals surface area contributed by atoms with Crippen LogP contribution in [-0.4, -0.2) is 98.9 Å². The lowest BCUT2D eigenvalue weighted by molar-refractivity contribution is -0.220. The van der Waals surface area contributed by atoms with Gasteiger partial charge < -0.3 is 39.9 Å². The molecule has 0 spiro atoms. The summed E-state index contributed by atoms with van der Waals surface area (Å²) in [6, 6.07) is 0. The van der Waals surface area contributed by atoms with Crippen molar-refractivity contribution < 1.29 is 58.3 Å². The molecule has 1 fully saturated rings. The van der Waals surface area contributed by atoms with E-state index < -0.39 is 63.1 Å². The molecule has 0 bridgehead atoms. The van der Waals surface area contributed by atoms with Crippen LogP contribution >= 0.6 is 7.82 Å². The van der Waals surface area contributed by atoms with E-state index in [1.165, 1.54) is 0 Å². The summed E-state index contributed by atoms with van der Waals surface area (Å²) in [7, 11) is -5.04. The van der Waals surface area contributed by atoms with E-state index in [-0.39, 0.29) is 13.0 Å². The monoisotopic (exact) mass is 919 g/mol. The van der Waals surface area contributed by atoms with Crippen LogP contribution in [0, 0.1) is 0 Å². The number of aliphatic hydroxyl groups is 5. The van der Waals surface area contributed by atoms with Crippen molar-refractivity contribution in [3.05, 3.63) is 109 Å². The van der Waals surface area contributed by atoms with E-state index in [9.17, 15) is 39.8 Å². The highest BCUT2D eigenvalue weighted by atomic mass is 31.2. The lowest BCUT2D eigenvalue weighted by atomic mass is 9.85. The van der Waals surface area contributed by atoms with E-state index in [2.05, 4.69) is 123 Å². The van der Waals surface area contributed by atoms with Gasteiger partial charge in [-0.05, 0) is 96.3 Å². The summed E-state index contributed by atoms with van der Waals surface area (Å²) in [6.07, 6.45) is 44.4. The number of unbranched alkanes of at least 4 members (excludes halogenated alkanes) is 8. The number of hydrogen-bond acceptors (Lipinski definition) is 11. The van der Waals surface area contributed by atoms with Gasteiger partial charge >= 0.3 is 13.8 Å². The third-order valence-electron chi connectivity index (χ3n) is 10.1. The molecule has 0 aromatic carbocycles. The van der Waals surface area contributed by atoms with Crippen molar-refractivity contribution in [1.82, 2.24) is 0 Å². The van der Waals surface area contributed by atoms with Crippen LogP contribution in [0.2, 0.25) is 0 Å². The molecule has 364 valence electrons. The Morgan fingerprint density at radius 3 is 1.33 bits per heavy atom. The van der Waals surface area contributed by atoms with E-state index >= 15 is 0 Å². The summed E-state index contributed by atoms with van der Waals surface area (Å²) in [4.78, 5) is 23.2. The number of phosphoric ester groups is 1. The van der Waals surface area contributed by atoms with E-state index in [1.54, 1.807) is 0 Å². The molecule has 6 unspecified atom stereocenters. The van der Waals surface area contributed by atoms with Crippen molar-refractivity contribution in [3.8, 4) is 0 Å². The van der Waals surface area contributed by atoms with Crippen molar-refractivity contribution in [2.45, 2.75) is 185 Å². The average Bonchev–Trinajstić information content (AvgIpc) is 3.28. The molecule has 1 aliphatic carbocycles. The zero-order valence-electron chi connectivity index (χ0n) is 38.8. The molecule has 0 heterocycles. The molecule has 0 amide bonds. The van der Waals surface area contributed by atoms with Crippen LogP contribution in [0.3, 0.4) is 0 Å². The van der Waals surface area contributed by atoms with E-state index in [0.717, 1.165) is 116 Å². The number of phosphoric acid groups is 1. The number of aliphatic hydroxyl groups excluding tert-OH is 5. The smallest absolute Gasteiger partial charge is 0.457 e. The zero-order valence-corrected chi connectivity index (χ0v) is 39.7. The highest BCUT2D eigenvalue weighted by Gasteiger charge is 2.51. The minimum Gasteiger partial charge on any atom is -0.457 e. The maximum absolute atomic E-state index is 12.8. The van der Waals surface area contributed by atoms with Gasteiger partial charge in [0.15, 0.2) is 0 Å². The lowest BCUT2D eigenvalue weighted by Gasteiger charge is -2.41. The van der Waals surface area contributed by atoms with Crippen LogP contribution in [0.1, 0.15) is 142 Å². The number of carbonyl (C=O) groups excluding carboxylic acids is 1. The molecule has 1 aliphatic rings. The second-order valence-corrected chi connectivity index (χ2v) is 17.2. The van der Waals surface area contributed by atoms with Crippen molar-refractivity contribution >= 4 is 13.8 Å². The van der Waals surface area contributed by atoms with Crippen LogP contribution in [0.5, 0.6) is 0 Å². The van der Waals surface area contributed by atoms with Gasteiger partial charge in [0, 0.05) is 13.0 Å². The Balaban J connectivity index is 2.44. The molecule has 0 aliphatic heterocycles. The summed E-state index contributed by atoms with van der Waals surface area (Å²) >= 11 is 0. The third-order valence-corrected chi connectivity index (χ3v) is 11.1. The molecule has 0 aromatic rings. The quantitative estimate of drug-likeness (QED) is 0.0149. The first-order valence-corrected chi connectivity index (χ1v) is 25.2. The maximum Gasteiger partial charge on any atom is 0.472 e. The van der Waals surface area contributed by atoms with Gasteiger partial charge in [0.1, 0.15) is 42.7 Å². The molecular weight excluding hydrogens is 836 g/mol. The first kappa shape index (κ1) is 59.0. The number of esters is 1. The van der Waals surface area contributed by atoms with Gasteiger partial charge in [-0.1, -0.05) is 149 Å². The Labute approximate surface area is 385 Å².